The molecule has 0 bridgehead atoms. The SMILES string of the molecule is Cc1ccc(-c2cc(=S)cc[nH]2)c(C)c1. The number of nitrogens with one attached hydrogen (secondary N) is 1. The van der Waals surface area contributed by atoms with Crippen LogP contribution in [-0.4, -0.2) is 4.98 Å². The number of aryl methyl sites for hydroxylation is 2. The molecule has 0 aliphatic heterocycles. The van der Waals surface area contributed by atoms with Crippen LogP contribution in [0.1, 0.15) is 11.1 Å². The van der Waals surface area contributed by atoms with Crippen molar-refractivity contribution in [2.45, 2.75) is 13.8 Å². The molecule has 1 heterocycles. The second kappa shape index (κ2) is 3.99. The van der Waals surface area contributed by atoms with Crippen LogP contribution in [0.5, 0.6) is 0 Å². The van der Waals surface area contributed by atoms with Crippen LogP contribution in [0.15, 0.2) is 36.5 Å². The Balaban J connectivity index is 2.59. The van der Waals surface area contributed by atoms with Gasteiger partial charge in [0.25, 0.3) is 0 Å². The summed E-state index contributed by atoms with van der Waals surface area (Å²) in [6.45, 7) is 4.22. The van der Waals surface area contributed by atoms with Crippen LogP contribution in [0.3, 0.4) is 0 Å². The van der Waals surface area contributed by atoms with Crippen LogP contribution < -0.4 is 0 Å². The topological polar surface area (TPSA) is 15.8 Å². The van der Waals surface area contributed by atoms with Gasteiger partial charge in [-0.25, -0.2) is 0 Å². The number of pyridine rings is 1. The van der Waals surface area contributed by atoms with Gasteiger partial charge in [-0.15, -0.1) is 0 Å². The summed E-state index contributed by atoms with van der Waals surface area (Å²) in [5.41, 5.74) is 4.85. The van der Waals surface area contributed by atoms with Crippen molar-refractivity contribution in [3.63, 3.8) is 0 Å². The first-order chi connectivity index (χ1) is 7.16. The van der Waals surface area contributed by atoms with Crippen molar-refractivity contribution in [3.8, 4) is 11.3 Å². The number of aromatic amines is 1. The van der Waals surface area contributed by atoms with Crippen molar-refractivity contribution < 1.29 is 0 Å². The maximum Gasteiger partial charge on any atom is 0.0470 e. The molecule has 0 saturated carbocycles. The van der Waals surface area contributed by atoms with Crippen molar-refractivity contribution in [2.24, 2.45) is 0 Å². The number of hydrogen-bond acceptors (Lipinski definition) is 1. The van der Waals surface area contributed by atoms with E-state index in [0.29, 0.717) is 0 Å². The lowest BCUT2D eigenvalue weighted by molar-refractivity contribution is 1.29. The zero-order valence-electron chi connectivity index (χ0n) is 8.87. The second-order valence-electron chi connectivity index (χ2n) is 3.76. The fourth-order valence-corrected chi connectivity index (χ4v) is 1.90. The lowest BCUT2D eigenvalue weighted by Crippen LogP contribution is -1.87. The molecule has 0 atom stereocenters. The highest BCUT2D eigenvalue weighted by Gasteiger charge is 2.01. The van der Waals surface area contributed by atoms with E-state index in [4.69, 9.17) is 12.2 Å². The molecule has 1 nitrogen and oxygen atoms in total. The third-order valence-electron chi connectivity index (χ3n) is 2.45. The summed E-state index contributed by atoms with van der Waals surface area (Å²) in [4.78, 5) is 3.22. The van der Waals surface area contributed by atoms with Crippen LogP contribution in [-0.2, 0) is 0 Å². The Labute approximate surface area is 94.8 Å². The fraction of sp³-hybridized carbons (Fsp3) is 0.154. The molecule has 0 amide bonds. The van der Waals surface area contributed by atoms with Crippen LogP contribution in [0.4, 0.5) is 0 Å². The molecule has 0 saturated heterocycles. The van der Waals surface area contributed by atoms with Crippen molar-refractivity contribution in [1.29, 1.82) is 0 Å². The quantitative estimate of drug-likeness (QED) is 0.710. The van der Waals surface area contributed by atoms with Gasteiger partial charge in [0.15, 0.2) is 0 Å². The summed E-state index contributed by atoms with van der Waals surface area (Å²) in [7, 11) is 0. The van der Waals surface area contributed by atoms with Crippen molar-refractivity contribution >= 4 is 12.2 Å². The molecule has 15 heavy (non-hydrogen) atoms. The molecule has 0 fully saturated rings. The molecule has 1 aromatic heterocycles. The van der Waals surface area contributed by atoms with Crippen molar-refractivity contribution in [2.75, 3.05) is 0 Å². The Morgan fingerprint density at radius 1 is 1.07 bits per heavy atom. The van der Waals surface area contributed by atoms with Crippen LogP contribution >= 0.6 is 12.2 Å². The third kappa shape index (κ3) is 2.16. The summed E-state index contributed by atoms with van der Waals surface area (Å²) in [6, 6.07) is 10.3. The lowest BCUT2D eigenvalue weighted by atomic mass is 10.0. The van der Waals surface area contributed by atoms with E-state index in [1.54, 1.807) is 0 Å². The van der Waals surface area contributed by atoms with Gasteiger partial charge in [0.1, 0.15) is 0 Å². The Morgan fingerprint density at radius 2 is 1.87 bits per heavy atom. The molecular weight excluding hydrogens is 202 g/mol. The van der Waals surface area contributed by atoms with E-state index in [2.05, 4.69) is 37.0 Å². The van der Waals surface area contributed by atoms with Gasteiger partial charge in [0, 0.05) is 22.0 Å². The maximum atomic E-state index is 5.15. The van der Waals surface area contributed by atoms with Crippen molar-refractivity contribution in [3.05, 3.63) is 52.2 Å². The highest BCUT2D eigenvalue weighted by atomic mass is 32.1. The van der Waals surface area contributed by atoms with Gasteiger partial charge in [-0.2, -0.15) is 0 Å². The second-order valence-corrected chi connectivity index (χ2v) is 4.23. The van der Waals surface area contributed by atoms with E-state index in [-0.39, 0.29) is 0 Å². The Hall–Kier alpha value is -1.41. The molecule has 1 aromatic carbocycles. The first-order valence-electron chi connectivity index (χ1n) is 4.93. The normalized spacial score (nSPS) is 10.3. The molecule has 0 aliphatic carbocycles. The maximum absolute atomic E-state index is 5.15. The number of hydrogen-bond donors (Lipinski definition) is 1. The predicted molar refractivity (Wildman–Crippen MR) is 66.5 cm³/mol. The Morgan fingerprint density at radius 3 is 2.53 bits per heavy atom. The van der Waals surface area contributed by atoms with E-state index in [1.807, 2.05) is 18.3 Å². The smallest absolute Gasteiger partial charge is 0.0470 e. The minimum Gasteiger partial charge on any atom is -0.361 e. The molecule has 0 spiro atoms. The number of benzene rings is 1. The van der Waals surface area contributed by atoms with Crippen LogP contribution in [0, 0.1) is 18.4 Å². The molecule has 0 aliphatic rings. The molecule has 76 valence electrons. The standard InChI is InChI=1S/C13H13NS/c1-9-3-4-12(10(2)7-9)13-8-11(15)5-6-14-13/h3-8H,1-2H3,(H,14,15). The molecule has 0 radical (unpaired) electrons. The van der Waals surface area contributed by atoms with E-state index in [1.165, 1.54) is 16.7 Å². The molecule has 2 aromatic rings. The van der Waals surface area contributed by atoms with Gasteiger partial charge in [-0.05, 0) is 31.5 Å². The predicted octanol–water partition coefficient (Wildman–Crippen LogP) is 4.03. The average molecular weight is 215 g/mol. The lowest BCUT2D eigenvalue weighted by Gasteiger charge is -2.06. The molecule has 2 rings (SSSR count). The van der Waals surface area contributed by atoms with E-state index in [9.17, 15) is 0 Å². The number of H-pyrrole nitrogens is 1. The van der Waals surface area contributed by atoms with Crippen molar-refractivity contribution in [1.82, 2.24) is 4.98 Å². The van der Waals surface area contributed by atoms with E-state index >= 15 is 0 Å². The van der Waals surface area contributed by atoms with E-state index in [0.717, 1.165) is 10.2 Å². The summed E-state index contributed by atoms with van der Waals surface area (Å²) in [5.74, 6) is 0. The minimum atomic E-state index is 0.865. The zero-order chi connectivity index (χ0) is 10.8. The molecule has 0 unspecified atom stereocenters. The largest absolute Gasteiger partial charge is 0.361 e. The Kier molecular flexibility index (Phi) is 2.69. The summed E-state index contributed by atoms with van der Waals surface area (Å²) in [6.07, 6.45) is 1.89. The Bertz CT molecular complexity index is 540. The molecule has 1 N–H and O–H groups in total. The monoisotopic (exact) mass is 215 g/mol. The van der Waals surface area contributed by atoms with Gasteiger partial charge >= 0.3 is 0 Å². The zero-order valence-corrected chi connectivity index (χ0v) is 9.69. The highest BCUT2D eigenvalue weighted by molar-refractivity contribution is 7.71. The highest BCUT2D eigenvalue weighted by Crippen LogP contribution is 2.21. The first-order valence-corrected chi connectivity index (χ1v) is 5.34. The molecule has 2 heteroatoms. The summed E-state index contributed by atoms with van der Waals surface area (Å²) in [5, 5.41) is 0. The van der Waals surface area contributed by atoms with Crippen LogP contribution in [0.2, 0.25) is 0 Å². The van der Waals surface area contributed by atoms with Gasteiger partial charge in [0.2, 0.25) is 0 Å². The van der Waals surface area contributed by atoms with Gasteiger partial charge in [0.05, 0.1) is 0 Å². The summed E-state index contributed by atoms with van der Waals surface area (Å²) >= 11 is 5.15. The van der Waals surface area contributed by atoms with Gasteiger partial charge in [-0.1, -0.05) is 36.0 Å². The minimum absolute atomic E-state index is 0.865. The number of aromatic nitrogens is 1. The van der Waals surface area contributed by atoms with E-state index < -0.39 is 0 Å². The third-order valence-corrected chi connectivity index (χ3v) is 2.70. The van der Waals surface area contributed by atoms with Gasteiger partial charge in [-0.3, -0.25) is 0 Å². The average Bonchev–Trinajstić information content (AvgIpc) is 2.17. The van der Waals surface area contributed by atoms with Gasteiger partial charge < -0.3 is 4.98 Å². The summed E-state index contributed by atoms with van der Waals surface area (Å²) < 4.78 is 0.865. The number of rotatable bonds is 1. The molecular formula is C13H13NS. The van der Waals surface area contributed by atoms with Crippen LogP contribution in [0.25, 0.3) is 11.3 Å². The fourth-order valence-electron chi connectivity index (χ4n) is 1.72. The first kappa shape index (κ1) is 10.1.